The zero-order chi connectivity index (χ0) is 25.9. The van der Waals surface area contributed by atoms with Gasteiger partial charge in [-0.2, -0.15) is 0 Å². The lowest BCUT2D eigenvalue weighted by Gasteiger charge is -2.36. The topological polar surface area (TPSA) is 61.2 Å². The number of amides is 1. The fourth-order valence-corrected chi connectivity index (χ4v) is 6.00. The highest BCUT2D eigenvalue weighted by Gasteiger charge is 2.32. The normalized spacial score (nSPS) is 17.9. The first kappa shape index (κ1) is 25.6. The molecule has 2 saturated heterocycles. The van der Waals surface area contributed by atoms with Crippen molar-refractivity contribution in [3.8, 4) is 0 Å². The second kappa shape index (κ2) is 11.2. The van der Waals surface area contributed by atoms with Crippen molar-refractivity contribution in [1.29, 1.82) is 0 Å². The third-order valence-electron chi connectivity index (χ3n) is 6.79. The van der Waals surface area contributed by atoms with Crippen molar-refractivity contribution in [3.05, 3.63) is 80.6 Å². The number of carbonyl (C=O) groups excluding carboxylic acids is 1. The van der Waals surface area contributed by atoms with Gasteiger partial charge in [-0.1, -0.05) is 73.7 Å². The van der Waals surface area contributed by atoms with Crippen LogP contribution in [-0.4, -0.2) is 62.1 Å². The largest absolute Gasteiger partial charge is 0.353 e. The molecule has 1 amide bonds. The summed E-state index contributed by atoms with van der Waals surface area (Å²) in [6, 6.07) is 14.3. The van der Waals surface area contributed by atoms with Gasteiger partial charge in [0, 0.05) is 45.5 Å². The van der Waals surface area contributed by atoms with Gasteiger partial charge < -0.3 is 4.90 Å². The molecule has 0 unspecified atom stereocenters. The molecule has 2 aliphatic rings. The summed E-state index contributed by atoms with van der Waals surface area (Å²) in [7, 11) is 0. The number of thiocarbonyl (C=S) groups is 1. The molecule has 0 aliphatic carbocycles. The number of pyridine rings is 1. The van der Waals surface area contributed by atoms with Crippen LogP contribution in [0.2, 0.25) is 0 Å². The van der Waals surface area contributed by atoms with Crippen LogP contribution in [-0.2, 0) is 11.3 Å². The summed E-state index contributed by atoms with van der Waals surface area (Å²) in [4.78, 5) is 38.6. The molecule has 0 N–H and O–H groups in total. The number of carbonyl (C=O) groups is 1. The second-order valence-electron chi connectivity index (χ2n) is 9.52. The van der Waals surface area contributed by atoms with Gasteiger partial charge in [0.15, 0.2) is 0 Å². The summed E-state index contributed by atoms with van der Waals surface area (Å²) in [5.74, 6) is 0.503. The fraction of sp³-hybridized carbons (Fsp3) is 0.357. The van der Waals surface area contributed by atoms with Crippen molar-refractivity contribution in [1.82, 2.24) is 19.2 Å². The Bertz CT molecular complexity index is 1410. The Morgan fingerprint density at radius 3 is 2.54 bits per heavy atom. The zero-order valence-corrected chi connectivity index (χ0v) is 22.9. The molecule has 4 heterocycles. The Morgan fingerprint density at radius 1 is 1.05 bits per heavy atom. The highest BCUT2D eigenvalue weighted by atomic mass is 32.2. The Balaban J connectivity index is 1.47. The summed E-state index contributed by atoms with van der Waals surface area (Å²) < 4.78 is 2.12. The van der Waals surface area contributed by atoms with E-state index < -0.39 is 0 Å². The van der Waals surface area contributed by atoms with Crippen LogP contribution in [0.5, 0.6) is 0 Å². The average Bonchev–Trinajstić information content (AvgIpc) is 3.17. The van der Waals surface area contributed by atoms with Gasteiger partial charge >= 0.3 is 0 Å². The number of thioether (sulfide) groups is 1. The van der Waals surface area contributed by atoms with Crippen LogP contribution in [0.15, 0.2) is 58.4 Å². The molecule has 0 saturated carbocycles. The van der Waals surface area contributed by atoms with Gasteiger partial charge in [-0.15, -0.1) is 0 Å². The average molecular weight is 534 g/mol. The molecule has 1 aromatic carbocycles. The van der Waals surface area contributed by atoms with Gasteiger partial charge in [0.05, 0.1) is 10.5 Å². The van der Waals surface area contributed by atoms with Crippen LogP contribution in [0.1, 0.15) is 36.5 Å². The Kier molecular flexibility index (Phi) is 7.73. The lowest BCUT2D eigenvalue weighted by molar-refractivity contribution is -0.122. The number of unbranched alkanes of at least 4 members (excludes halogenated alkanes) is 1. The van der Waals surface area contributed by atoms with E-state index in [2.05, 4.69) is 41.0 Å². The summed E-state index contributed by atoms with van der Waals surface area (Å²) >= 11 is 6.76. The number of benzene rings is 1. The molecule has 0 bridgehead atoms. The SMILES string of the molecule is CCCCN1C(=O)/C(=C/c2c(N3CCN(Cc4ccccc4)CC3)nc3ccc(C)cn3c2=O)SC1=S. The molecular weight excluding hydrogens is 502 g/mol. The molecule has 0 spiro atoms. The van der Waals surface area contributed by atoms with Gasteiger partial charge in [0.2, 0.25) is 0 Å². The van der Waals surface area contributed by atoms with E-state index in [9.17, 15) is 9.59 Å². The quantitative estimate of drug-likeness (QED) is 0.331. The maximum absolute atomic E-state index is 13.8. The first-order valence-corrected chi connectivity index (χ1v) is 14.0. The number of hydrogen-bond donors (Lipinski definition) is 0. The van der Waals surface area contributed by atoms with Crippen LogP contribution < -0.4 is 10.5 Å². The molecule has 5 rings (SSSR count). The van der Waals surface area contributed by atoms with Gasteiger partial charge in [-0.25, -0.2) is 4.98 Å². The molecule has 7 nitrogen and oxygen atoms in total. The second-order valence-corrected chi connectivity index (χ2v) is 11.2. The van der Waals surface area contributed by atoms with E-state index in [4.69, 9.17) is 17.2 Å². The van der Waals surface area contributed by atoms with Crippen LogP contribution in [0, 0.1) is 6.92 Å². The van der Waals surface area contributed by atoms with Crippen LogP contribution in [0.25, 0.3) is 11.7 Å². The van der Waals surface area contributed by atoms with Gasteiger partial charge in [0.1, 0.15) is 15.8 Å². The van der Waals surface area contributed by atoms with Crippen molar-refractivity contribution in [2.75, 3.05) is 37.6 Å². The molecule has 2 aromatic heterocycles. The number of aryl methyl sites for hydroxylation is 1. The van der Waals surface area contributed by atoms with E-state index in [-0.39, 0.29) is 11.5 Å². The maximum atomic E-state index is 13.8. The van der Waals surface area contributed by atoms with Crippen LogP contribution in [0.4, 0.5) is 5.82 Å². The lowest BCUT2D eigenvalue weighted by atomic mass is 10.1. The van der Waals surface area contributed by atoms with Crippen molar-refractivity contribution in [3.63, 3.8) is 0 Å². The van der Waals surface area contributed by atoms with Crippen molar-refractivity contribution in [2.45, 2.75) is 33.2 Å². The molecule has 2 fully saturated rings. The van der Waals surface area contributed by atoms with E-state index in [1.165, 1.54) is 17.3 Å². The van der Waals surface area contributed by atoms with E-state index >= 15 is 0 Å². The number of anilines is 1. The highest BCUT2D eigenvalue weighted by molar-refractivity contribution is 8.26. The molecule has 0 atom stereocenters. The molecule has 0 radical (unpaired) electrons. The summed E-state index contributed by atoms with van der Waals surface area (Å²) in [6.45, 7) is 8.76. The van der Waals surface area contributed by atoms with Crippen molar-refractivity contribution >= 4 is 51.7 Å². The molecule has 192 valence electrons. The molecule has 2 aliphatic heterocycles. The monoisotopic (exact) mass is 533 g/mol. The minimum atomic E-state index is -0.172. The molecule has 37 heavy (non-hydrogen) atoms. The van der Waals surface area contributed by atoms with Crippen molar-refractivity contribution < 1.29 is 4.79 Å². The zero-order valence-electron chi connectivity index (χ0n) is 21.2. The predicted octanol–water partition coefficient (Wildman–Crippen LogP) is 4.33. The summed E-state index contributed by atoms with van der Waals surface area (Å²) in [5.41, 5.74) is 3.13. The number of nitrogens with zero attached hydrogens (tertiary/aromatic N) is 5. The van der Waals surface area contributed by atoms with Crippen LogP contribution >= 0.6 is 24.0 Å². The molecule has 3 aromatic rings. The van der Waals surface area contributed by atoms with Crippen LogP contribution in [0.3, 0.4) is 0 Å². The first-order valence-electron chi connectivity index (χ1n) is 12.7. The minimum Gasteiger partial charge on any atom is -0.353 e. The third kappa shape index (κ3) is 5.49. The Morgan fingerprint density at radius 2 is 1.81 bits per heavy atom. The fourth-order valence-electron chi connectivity index (χ4n) is 4.71. The lowest BCUT2D eigenvalue weighted by Crippen LogP contribution is -2.47. The van der Waals surface area contributed by atoms with Gasteiger partial charge in [0.25, 0.3) is 11.5 Å². The van der Waals surface area contributed by atoms with E-state index in [0.29, 0.717) is 32.8 Å². The Hall–Kier alpha value is -3.01. The number of fused-ring (bicyclic) bond motifs is 1. The van der Waals surface area contributed by atoms with Gasteiger partial charge in [-0.3, -0.25) is 23.8 Å². The van der Waals surface area contributed by atoms with Crippen molar-refractivity contribution in [2.24, 2.45) is 0 Å². The number of hydrogen-bond acceptors (Lipinski definition) is 7. The van der Waals surface area contributed by atoms with E-state index in [0.717, 1.165) is 51.1 Å². The number of rotatable bonds is 7. The summed E-state index contributed by atoms with van der Waals surface area (Å²) in [5, 5.41) is 0. The smallest absolute Gasteiger partial charge is 0.267 e. The van der Waals surface area contributed by atoms with Gasteiger partial charge in [-0.05, 0) is 36.6 Å². The first-order chi connectivity index (χ1) is 17.9. The Labute approximate surface area is 226 Å². The number of aromatic nitrogens is 2. The molecule has 9 heteroatoms. The minimum absolute atomic E-state index is 0.129. The number of piperazine rings is 1. The van der Waals surface area contributed by atoms with E-state index in [1.807, 2.05) is 25.1 Å². The predicted molar refractivity (Wildman–Crippen MR) is 155 cm³/mol. The molecular formula is C28H31N5O2S2. The maximum Gasteiger partial charge on any atom is 0.267 e. The standard InChI is InChI=1S/C28H31N5O2S2/c1-3-4-12-32-27(35)23(37-28(32)36)17-22-25(29-24-11-10-20(2)18-33(24)26(22)34)31-15-13-30(14-16-31)19-21-8-6-5-7-9-21/h5-11,17-18H,3-4,12-16,19H2,1-2H3/b23-17-. The summed E-state index contributed by atoms with van der Waals surface area (Å²) in [6.07, 6.45) is 5.38. The van der Waals surface area contributed by atoms with E-state index in [1.54, 1.807) is 21.6 Å². The highest BCUT2D eigenvalue weighted by Crippen LogP contribution is 2.34. The third-order valence-corrected chi connectivity index (χ3v) is 8.17.